The lowest BCUT2D eigenvalue weighted by atomic mass is 10.2. The van der Waals surface area contributed by atoms with Crippen LogP contribution < -0.4 is 0 Å². The van der Waals surface area contributed by atoms with Gasteiger partial charge in [-0.15, -0.1) is 0 Å². The summed E-state index contributed by atoms with van der Waals surface area (Å²) in [7, 11) is -0.141. The molecule has 0 aliphatic heterocycles. The molecule has 0 amide bonds. The Kier molecular flexibility index (Phi) is 4.17. The Morgan fingerprint density at radius 1 is 0.571 bits per heavy atom. The van der Waals surface area contributed by atoms with Crippen molar-refractivity contribution in [3.8, 4) is 0 Å². The Bertz CT molecular complexity index is 666. The lowest BCUT2D eigenvalue weighted by Crippen LogP contribution is -2.04. The van der Waals surface area contributed by atoms with Crippen molar-refractivity contribution in [2.45, 2.75) is 14.7 Å². The molecule has 0 fully saturated rings. The largest absolute Gasteiger partial charge is 0.298 e. The van der Waals surface area contributed by atoms with Crippen molar-refractivity contribution in [2.75, 3.05) is 0 Å². The summed E-state index contributed by atoms with van der Waals surface area (Å²) in [5, 5.41) is 0. The third-order valence-corrected chi connectivity index (χ3v) is 5.44. The van der Waals surface area contributed by atoms with Crippen LogP contribution in [0, 0.1) is 0 Å². The molecule has 0 radical (unpaired) electrons. The van der Waals surface area contributed by atoms with E-state index in [-0.39, 0.29) is 10.9 Å². The Balaban J connectivity index is 2.09. The molecular formula is C19H15OS+. The van der Waals surface area contributed by atoms with Crippen LogP contribution in [0.25, 0.3) is 0 Å². The molecule has 3 aromatic rings. The van der Waals surface area contributed by atoms with Crippen LogP contribution in [-0.2, 0) is 10.9 Å². The van der Waals surface area contributed by atoms with Crippen LogP contribution in [0.3, 0.4) is 0 Å². The first-order valence-corrected chi connectivity index (χ1v) is 8.00. The number of carbonyl (C=O) groups excluding carboxylic acids is 1. The molecule has 0 aliphatic rings. The molecule has 0 saturated carbocycles. The van der Waals surface area contributed by atoms with Gasteiger partial charge in [0.2, 0.25) is 0 Å². The predicted molar refractivity (Wildman–Crippen MR) is 86.9 cm³/mol. The van der Waals surface area contributed by atoms with Crippen molar-refractivity contribution < 1.29 is 4.79 Å². The maximum absolute atomic E-state index is 10.8. The molecule has 0 atom stereocenters. The smallest absolute Gasteiger partial charge is 0.166 e. The van der Waals surface area contributed by atoms with Crippen molar-refractivity contribution in [3.05, 3.63) is 90.5 Å². The zero-order valence-electron chi connectivity index (χ0n) is 11.5. The SMILES string of the molecule is O=Cc1ccc([S+](c2ccccc2)c2ccccc2)cc1. The van der Waals surface area contributed by atoms with Gasteiger partial charge in [-0.25, -0.2) is 0 Å². The molecule has 0 spiro atoms. The van der Waals surface area contributed by atoms with Crippen LogP contribution in [0.1, 0.15) is 10.4 Å². The van der Waals surface area contributed by atoms with E-state index >= 15 is 0 Å². The summed E-state index contributed by atoms with van der Waals surface area (Å²) in [4.78, 5) is 14.6. The molecule has 0 bridgehead atoms. The lowest BCUT2D eigenvalue weighted by Gasteiger charge is -2.07. The molecule has 21 heavy (non-hydrogen) atoms. The van der Waals surface area contributed by atoms with Gasteiger partial charge in [-0.05, 0) is 48.5 Å². The molecule has 0 aliphatic carbocycles. The van der Waals surface area contributed by atoms with E-state index in [1.165, 1.54) is 14.7 Å². The molecule has 0 aromatic heterocycles. The number of aldehydes is 1. The van der Waals surface area contributed by atoms with Crippen molar-refractivity contribution in [2.24, 2.45) is 0 Å². The molecule has 0 heterocycles. The summed E-state index contributed by atoms with van der Waals surface area (Å²) in [5.41, 5.74) is 0.712. The summed E-state index contributed by atoms with van der Waals surface area (Å²) in [6, 6.07) is 28.8. The predicted octanol–water partition coefficient (Wildman–Crippen LogP) is 4.59. The molecule has 0 saturated heterocycles. The van der Waals surface area contributed by atoms with Gasteiger partial charge >= 0.3 is 0 Å². The van der Waals surface area contributed by atoms with E-state index in [4.69, 9.17) is 0 Å². The number of hydrogen-bond acceptors (Lipinski definition) is 1. The van der Waals surface area contributed by atoms with Gasteiger partial charge in [0.25, 0.3) is 0 Å². The van der Waals surface area contributed by atoms with Crippen LogP contribution >= 0.6 is 0 Å². The van der Waals surface area contributed by atoms with Gasteiger partial charge in [0, 0.05) is 5.56 Å². The average molecular weight is 291 g/mol. The van der Waals surface area contributed by atoms with Crippen molar-refractivity contribution in [3.63, 3.8) is 0 Å². The van der Waals surface area contributed by atoms with Gasteiger partial charge < -0.3 is 0 Å². The van der Waals surface area contributed by atoms with Crippen LogP contribution in [0.4, 0.5) is 0 Å². The first-order valence-electron chi connectivity index (χ1n) is 6.78. The molecule has 2 heteroatoms. The van der Waals surface area contributed by atoms with Crippen molar-refractivity contribution in [1.82, 2.24) is 0 Å². The highest BCUT2D eigenvalue weighted by atomic mass is 32.2. The minimum Gasteiger partial charge on any atom is -0.298 e. The van der Waals surface area contributed by atoms with Crippen LogP contribution in [0.2, 0.25) is 0 Å². The summed E-state index contributed by atoms with van der Waals surface area (Å²) in [5.74, 6) is 0. The number of carbonyl (C=O) groups is 1. The summed E-state index contributed by atoms with van der Waals surface area (Å²) < 4.78 is 0. The minimum atomic E-state index is -0.141. The topological polar surface area (TPSA) is 17.1 Å². The number of rotatable bonds is 4. The van der Waals surface area contributed by atoms with Crippen LogP contribution in [-0.4, -0.2) is 6.29 Å². The normalized spacial score (nSPS) is 10.5. The van der Waals surface area contributed by atoms with Crippen LogP contribution in [0.15, 0.2) is 99.6 Å². The monoisotopic (exact) mass is 291 g/mol. The quantitative estimate of drug-likeness (QED) is 0.507. The fourth-order valence-corrected chi connectivity index (χ4v) is 4.29. The van der Waals surface area contributed by atoms with Gasteiger partial charge in [-0.3, -0.25) is 4.79 Å². The van der Waals surface area contributed by atoms with Gasteiger partial charge in [0.05, 0.1) is 10.9 Å². The molecule has 102 valence electrons. The minimum absolute atomic E-state index is 0.141. The van der Waals surface area contributed by atoms with E-state index in [1.807, 2.05) is 36.4 Å². The Morgan fingerprint density at radius 2 is 1.00 bits per heavy atom. The zero-order chi connectivity index (χ0) is 14.5. The maximum atomic E-state index is 10.8. The summed E-state index contributed by atoms with van der Waals surface area (Å²) in [6.07, 6.45) is 0.882. The molecule has 0 unspecified atom stereocenters. The number of benzene rings is 3. The van der Waals surface area contributed by atoms with E-state index in [0.717, 1.165) is 6.29 Å². The highest BCUT2D eigenvalue weighted by molar-refractivity contribution is 7.97. The van der Waals surface area contributed by atoms with Gasteiger partial charge in [0.1, 0.15) is 6.29 Å². The molecule has 0 N–H and O–H groups in total. The highest BCUT2D eigenvalue weighted by Gasteiger charge is 2.27. The van der Waals surface area contributed by atoms with E-state index in [0.29, 0.717) is 5.56 Å². The summed E-state index contributed by atoms with van der Waals surface area (Å²) >= 11 is 0. The van der Waals surface area contributed by atoms with E-state index in [9.17, 15) is 4.79 Å². The third-order valence-electron chi connectivity index (χ3n) is 3.21. The summed E-state index contributed by atoms with van der Waals surface area (Å²) in [6.45, 7) is 0. The Labute approximate surface area is 127 Å². The van der Waals surface area contributed by atoms with Gasteiger partial charge in [-0.2, -0.15) is 0 Å². The molecule has 1 nitrogen and oxygen atoms in total. The number of hydrogen-bond donors (Lipinski definition) is 0. The maximum Gasteiger partial charge on any atom is 0.166 e. The van der Waals surface area contributed by atoms with Gasteiger partial charge in [-0.1, -0.05) is 36.4 Å². The molecule has 3 rings (SSSR count). The zero-order valence-corrected chi connectivity index (χ0v) is 12.3. The Hall–Kier alpha value is -2.32. The Morgan fingerprint density at radius 3 is 1.43 bits per heavy atom. The third kappa shape index (κ3) is 3.06. The fourth-order valence-electron chi connectivity index (χ4n) is 2.20. The van der Waals surface area contributed by atoms with Crippen molar-refractivity contribution >= 4 is 17.2 Å². The van der Waals surface area contributed by atoms with E-state index in [1.54, 1.807) is 0 Å². The average Bonchev–Trinajstić information content (AvgIpc) is 2.58. The molecular weight excluding hydrogens is 276 g/mol. The second kappa shape index (κ2) is 6.42. The first-order chi connectivity index (χ1) is 10.4. The van der Waals surface area contributed by atoms with E-state index < -0.39 is 0 Å². The van der Waals surface area contributed by atoms with Crippen molar-refractivity contribution in [1.29, 1.82) is 0 Å². The van der Waals surface area contributed by atoms with E-state index in [2.05, 4.69) is 48.5 Å². The first kappa shape index (κ1) is 13.7. The fraction of sp³-hybridized carbons (Fsp3) is 0. The van der Waals surface area contributed by atoms with Gasteiger partial charge in [0.15, 0.2) is 14.7 Å². The second-order valence-corrected chi connectivity index (χ2v) is 6.65. The standard InChI is InChI=1S/C19H15OS/c20-15-16-11-13-19(14-12-16)21(17-7-3-1-4-8-17)18-9-5-2-6-10-18/h1-15H/q+1. The van der Waals surface area contributed by atoms with Crippen LogP contribution in [0.5, 0.6) is 0 Å². The molecule has 3 aromatic carbocycles. The second-order valence-electron chi connectivity index (χ2n) is 4.62. The lowest BCUT2D eigenvalue weighted by molar-refractivity contribution is 0.112. The highest BCUT2D eigenvalue weighted by Crippen LogP contribution is 2.30.